The van der Waals surface area contributed by atoms with Crippen LogP contribution in [0.15, 0.2) is 12.3 Å². The van der Waals surface area contributed by atoms with E-state index < -0.39 is 0 Å². The van der Waals surface area contributed by atoms with Gasteiger partial charge in [-0.1, -0.05) is 0 Å². The van der Waals surface area contributed by atoms with Gasteiger partial charge in [-0.2, -0.15) is 0 Å². The number of hydrogen-bond acceptors (Lipinski definition) is 4. The Morgan fingerprint density at radius 1 is 1.57 bits per heavy atom. The molecule has 1 rings (SSSR count). The van der Waals surface area contributed by atoms with Gasteiger partial charge < -0.3 is 10.1 Å². The Bertz CT molecular complexity index is 278. The summed E-state index contributed by atoms with van der Waals surface area (Å²) in [6.07, 6.45) is 2.71. The zero-order chi connectivity index (χ0) is 10.4. The summed E-state index contributed by atoms with van der Waals surface area (Å²) < 4.78 is 4.99. The highest BCUT2D eigenvalue weighted by Gasteiger charge is 2.03. The largest absolute Gasteiger partial charge is 0.385 e. The highest BCUT2D eigenvalue weighted by atomic mass is 16.5. The second-order valence-corrected chi connectivity index (χ2v) is 3.35. The van der Waals surface area contributed by atoms with Crippen molar-refractivity contribution in [3.63, 3.8) is 0 Å². The summed E-state index contributed by atoms with van der Waals surface area (Å²) in [5, 5.41) is 3.22. The van der Waals surface area contributed by atoms with Crippen LogP contribution in [-0.4, -0.2) is 29.7 Å². The summed E-state index contributed by atoms with van der Waals surface area (Å²) in [5.74, 6) is 0.689. The number of aromatic nitrogens is 2. The standard InChI is InChI=1S/C10H17N3O/c1-8-4-6-11-10(12-8)13-9(2)5-7-14-3/h4,6,9H,5,7H2,1-3H3,(H,11,12,13). The SMILES string of the molecule is COCCC(C)Nc1nccc(C)n1. The van der Waals surface area contributed by atoms with Crippen LogP contribution in [-0.2, 0) is 4.74 Å². The molecule has 0 amide bonds. The van der Waals surface area contributed by atoms with E-state index >= 15 is 0 Å². The molecule has 14 heavy (non-hydrogen) atoms. The quantitative estimate of drug-likeness (QED) is 0.775. The predicted molar refractivity (Wildman–Crippen MR) is 56.3 cm³/mol. The van der Waals surface area contributed by atoms with Crippen LogP contribution in [0.4, 0.5) is 5.95 Å². The number of aryl methyl sites for hydroxylation is 1. The van der Waals surface area contributed by atoms with Crippen molar-refractivity contribution < 1.29 is 4.74 Å². The van der Waals surface area contributed by atoms with Gasteiger partial charge in [0.05, 0.1) is 0 Å². The van der Waals surface area contributed by atoms with Crippen LogP contribution in [0.1, 0.15) is 19.0 Å². The van der Waals surface area contributed by atoms with E-state index in [9.17, 15) is 0 Å². The molecule has 1 N–H and O–H groups in total. The lowest BCUT2D eigenvalue weighted by atomic mass is 10.2. The van der Waals surface area contributed by atoms with Crippen LogP contribution in [0, 0.1) is 6.92 Å². The molecule has 0 fully saturated rings. The Morgan fingerprint density at radius 2 is 2.36 bits per heavy atom. The van der Waals surface area contributed by atoms with Crippen molar-refractivity contribution in [3.8, 4) is 0 Å². The molecule has 0 aromatic carbocycles. The molecule has 1 heterocycles. The third-order valence-electron chi connectivity index (χ3n) is 1.93. The molecule has 0 aliphatic carbocycles. The maximum atomic E-state index is 4.99. The Morgan fingerprint density at radius 3 is 3.00 bits per heavy atom. The van der Waals surface area contributed by atoms with Gasteiger partial charge in [0.15, 0.2) is 0 Å². The molecule has 0 saturated heterocycles. The van der Waals surface area contributed by atoms with Crippen molar-refractivity contribution in [2.45, 2.75) is 26.3 Å². The number of hydrogen-bond donors (Lipinski definition) is 1. The van der Waals surface area contributed by atoms with E-state index in [1.54, 1.807) is 13.3 Å². The molecule has 0 bridgehead atoms. The average molecular weight is 195 g/mol. The number of nitrogens with zero attached hydrogens (tertiary/aromatic N) is 2. The molecule has 0 aliphatic heterocycles. The molecular formula is C10H17N3O. The van der Waals surface area contributed by atoms with Gasteiger partial charge in [-0.15, -0.1) is 0 Å². The lowest BCUT2D eigenvalue weighted by Crippen LogP contribution is -2.18. The first-order valence-corrected chi connectivity index (χ1v) is 4.77. The second-order valence-electron chi connectivity index (χ2n) is 3.35. The number of methoxy groups -OCH3 is 1. The topological polar surface area (TPSA) is 47.0 Å². The van der Waals surface area contributed by atoms with E-state index in [1.807, 2.05) is 13.0 Å². The summed E-state index contributed by atoms with van der Waals surface area (Å²) in [6.45, 7) is 4.79. The highest BCUT2D eigenvalue weighted by Crippen LogP contribution is 2.03. The Kier molecular flexibility index (Phi) is 4.32. The van der Waals surface area contributed by atoms with Gasteiger partial charge in [-0.05, 0) is 26.3 Å². The van der Waals surface area contributed by atoms with E-state index in [0.29, 0.717) is 12.0 Å². The lowest BCUT2D eigenvalue weighted by molar-refractivity contribution is 0.191. The van der Waals surface area contributed by atoms with Crippen molar-refractivity contribution in [1.82, 2.24) is 9.97 Å². The fourth-order valence-corrected chi connectivity index (χ4v) is 1.11. The molecule has 4 heteroatoms. The fourth-order valence-electron chi connectivity index (χ4n) is 1.11. The van der Waals surface area contributed by atoms with Crippen LogP contribution < -0.4 is 5.32 Å². The van der Waals surface area contributed by atoms with E-state index in [4.69, 9.17) is 4.74 Å². The van der Waals surface area contributed by atoms with Gasteiger partial charge in [-0.3, -0.25) is 0 Å². The smallest absolute Gasteiger partial charge is 0.223 e. The molecule has 78 valence electrons. The van der Waals surface area contributed by atoms with Gasteiger partial charge >= 0.3 is 0 Å². The summed E-state index contributed by atoms with van der Waals surface area (Å²) in [4.78, 5) is 8.38. The Hall–Kier alpha value is -1.16. The first-order chi connectivity index (χ1) is 6.72. The summed E-state index contributed by atoms with van der Waals surface area (Å²) >= 11 is 0. The van der Waals surface area contributed by atoms with Gasteiger partial charge in [0, 0.05) is 31.6 Å². The van der Waals surface area contributed by atoms with Crippen molar-refractivity contribution in [1.29, 1.82) is 0 Å². The molecule has 0 saturated carbocycles. The van der Waals surface area contributed by atoms with E-state index in [1.165, 1.54) is 0 Å². The maximum Gasteiger partial charge on any atom is 0.223 e. The van der Waals surface area contributed by atoms with E-state index in [2.05, 4.69) is 22.2 Å². The zero-order valence-corrected chi connectivity index (χ0v) is 8.95. The minimum atomic E-state index is 0.330. The highest BCUT2D eigenvalue weighted by molar-refractivity contribution is 5.25. The molecule has 1 atom stereocenters. The van der Waals surface area contributed by atoms with Crippen molar-refractivity contribution in [3.05, 3.63) is 18.0 Å². The van der Waals surface area contributed by atoms with Crippen LogP contribution in [0.3, 0.4) is 0 Å². The normalized spacial score (nSPS) is 12.5. The molecule has 0 radical (unpaired) electrons. The number of nitrogens with one attached hydrogen (secondary N) is 1. The molecule has 1 aromatic rings. The average Bonchev–Trinajstić information content (AvgIpc) is 2.15. The minimum absolute atomic E-state index is 0.330. The third-order valence-corrected chi connectivity index (χ3v) is 1.93. The molecular weight excluding hydrogens is 178 g/mol. The van der Waals surface area contributed by atoms with Crippen LogP contribution >= 0.6 is 0 Å². The molecule has 4 nitrogen and oxygen atoms in total. The Labute approximate surface area is 84.7 Å². The first-order valence-electron chi connectivity index (χ1n) is 4.77. The first kappa shape index (κ1) is 10.9. The third kappa shape index (κ3) is 3.70. The van der Waals surface area contributed by atoms with Crippen molar-refractivity contribution in [2.24, 2.45) is 0 Å². The van der Waals surface area contributed by atoms with E-state index in [-0.39, 0.29) is 0 Å². The van der Waals surface area contributed by atoms with Crippen LogP contribution in [0.25, 0.3) is 0 Å². The van der Waals surface area contributed by atoms with Gasteiger partial charge in [0.1, 0.15) is 0 Å². The molecule has 0 spiro atoms. The number of anilines is 1. The van der Waals surface area contributed by atoms with Gasteiger partial charge in [0.25, 0.3) is 0 Å². The minimum Gasteiger partial charge on any atom is -0.385 e. The summed E-state index contributed by atoms with van der Waals surface area (Å²) in [5.41, 5.74) is 0.974. The van der Waals surface area contributed by atoms with Gasteiger partial charge in [0.2, 0.25) is 5.95 Å². The maximum absolute atomic E-state index is 4.99. The van der Waals surface area contributed by atoms with Gasteiger partial charge in [-0.25, -0.2) is 9.97 Å². The zero-order valence-electron chi connectivity index (χ0n) is 8.95. The second kappa shape index (κ2) is 5.54. The molecule has 0 aliphatic rings. The molecule has 1 unspecified atom stereocenters. The Balaban J connectivity index is 2.43. The van der Waals surface area contributed by atoms with Crippen molar-refractivity contribution in [2.75, 3.05) is 19.0 Å². The van der Waals surface area contributed by atoms with Crippen LogP contribution in [0.2, 0.25) is 0 Å². The summed E-state index contributed by atoms with van der Waals surface area (Å²) in [7, 11) is 1.70. The van der Waals surface area contributed by atoms with Crippen molar-refractivity contribution >= 4 is 5.95 Å². The number of rotatable bonds is 5. The summed E-state index contributed by atoms with van der Waals surface area (Å²) in [6, 6.07) is 2.21. The lowest BCUT2D eigenvalue weighted by Gasteiger charge is -2.12. The predicted octanol–water partition coefficient (Wildman–Crippen LogP) is 1.62. The molecule has 1 aromatic heterocycles. The van der Waals surface area contributed by atoms with E-state index in [0.717, 1.165) is 18.7 Å². The number of ether oxygens (including phenoxy) is 1. The monoisotopic (exact) mass is 195 g/mol. The van der Waals surface area contributed by atoms with Crippen LogP contribution in [0.5, 0.6) is 0 Å². The fraction of sp³-hybridized carbons (Fsp3) is 0.600.